The first kappa shape index (κ1) is 10.6. The van der Waals surface area contributed by atoms with Crippen LogP contribution in [0.4, 0.5) is 0 Å². The van der Waals surface area contributed by atoms with E-state index < -0.39 is 0 Å². The van der Waals surface area contributed by atoms with Crippen LogP contribution in [0, 0.1) is 0 Å². The van der Waals surface area contributed by atoms with E-state index in [-0.39, 0.29) is 5.91 Å². The van der Waals surface area contributed by atoms with Crippen molar-refractivity contribution in [2.45, 2.75) is 13.3 Å². The lowest BCUT2D eigenvalue weighted by Gasteiger charge is -2.02. The van der Waals surface area contributed by atoms with Crippen LogP contribution in [-0.2, 0) is 4.79 Å². The number of carbonyl (C=O) groups excluding carboxylic acids is 1. The van der Waals surface area contributed by atoms with Crippen molar-refractivity contribution in [3.05, 3.63) is 12.2 Å². The molecule has 11 heavy (non-hydrogen) atoms. The van der Waals surface area contributed by atoms with Gasteiger partial charge in [0.2, 0.25) is 5.91 Å². The van der Waals surface area contributed by atoms with Gasteiger partial charge >= 0.3 is 0 Å². The summed E-state index contributed by atoms with van der Waals surface area (Å²) in [7, 11) is 0. The lowest BCUT2D eigenvalue weighted by molar-refractivity contribution is -0.120. The molecular weight excluding hydrogens is 158 g/mol. The Morgan fingerprint density at radius 3 is 2.73 bits per heavy atom. The van der Waals surface area contributed by atoms with E-state index in [2.05, 4.69) is 11.9 Å². The highest BCUT2D eigenvalue weighted by Gasteiger charge is 1.97. The van der Waals surface area contributed by atoms with Crippen LogP contribution in [0.2, 0.25) is 0 Å². The van der Waals surface area contributed by atoms with Crippen LogP contribution in [0.5, 0.6) is 0 Å². The van der Waals surface area contributed by atoms with E-state index in [1.54, 1.807) is 11.8 Å². The minimum absolute atomic E-state index is 0.113. The quantitative estimate of drug-likeness (QED) is 0.637. The van der Waals surface area contributed by atoms with Crippen molar-refractivity contribution in [1.82, 2.24) is 5.32 Å². The molecule has 0 unspecified atom stereocenters. The average molecular weight is 173 g/mol. The zero-order chi connectivity index (χ0) is 8.69. The summed E-state index contributed by atoms with van der Waals surface area (Å²) in [5, 5.41) is 2.77. The van der Waals surface area contributed by atoms with Crippen molar-refractivity contribution < 1.29 is 4.79 Å². The first-order valence-electron chi connectivity index (χ1n) is 3.57. The van der Waals surface area contributed by atoms with Gasteiger partial charge in [0.15, 0.2) is 0 Å². The molecule has 0 saturated heterocycles. The van der Waals surface area contributed by atoms with E-state index in [0.29, 0.717) is 13.0 Å². The monoisotopic (exact) mass is 173 g/mol. The number of carbonyl (C=O) groups is 1. The first-order chi connectivity index (χ1) is 5.16. The third kappa shape index (κ3) is 7.46. The second-order valence-corrected chi connectivity index (χ2v) is 3.46. The number of thioether (sulfide) groups is 1. The molecule has 3 heteroatoms. The Kier molecular flexibility index (Phi) is 6.03. The summed E-state index contributed by atoms with van der Waals surface area (Å²) in [6, 6.07) is 0. The van der Waals surface area contributed by atoms with Crippen LogP contribution < -0.4 is 5.32 Å². The van der Waals surface area contributed by atoms with E-state index in [1.807, 2.05) is 13.2 Å². The normalized spacial score (nSPS) is 9.27. The standard InChI is InChI=1S/C8H15NOS/c1-7(2)6-9-8(10)4-5-11-3/h1,4-6H2,2-3H3,(H,9,10). The summed E-state index contributed by atoms with van der Waals surface area (Å²) in [6.07, 6.45) is 2.60. The predicted molar refractivity (Wildman–Crippen MR) is 50.8 cm³/mol. The molecular formula is C8H15NOS. The molecule has 0 aliphatic heterocycles. The fourth-order valence-corrected chi connectivity index (χ4v) is 0.922. The molecule has 0 aromatic rings. The van der Waals surface area contributed by atoms with Crippen molar-refractivity contribution in [1.29, 1.82) is 0 Å². The predicted octanol–water partition coefficient (Wildman–Crippen LogP) is 1.43. The smallest absolute Gasteiger partial charge is 0.221 e. The van der Waals surface area contributed by atoms with Crippen LogP contribution in [0.15, 0.2) is 12.2 Å². The van der Waals surface area contributed by atoms with Crippen LogP contribution in [-0.4, -0.2) is 24.5 Å². The van der Waals surface area contributed by atoms with Crippen molar-refractivity contribution in [3.63, 3.8) is 0 Å². The number of amides is 1. The molecule has 0 saturated carbocycles. The zero-order valence-corrected chi connectivity index (χ0v) is 7.96. The lowest BCUT2D eigenvalue weighted by atomic mass is 10.3. The minimum Gasteiger partial charge on any atom is -0.352 e. The first-order valence-corrected chi connectivity index (χ1v) is 4.96. The summed E-state index contributed by atoms with van der Waals surface area (Å²) in [5.41, 5.74) is 0.988. The molecule has 0 aromatic carbocycles. The van der Waals surface area contributed by atoms with Gasteiger partial charge in [0.1, 0.15) is 0 Å². The van der Waals surface area contributed by atoms with E-state index >= 15 is 0 Å². The largest absolute Gasteiger partial charge is 0.352 e. The summed E-state index contributed by atoms with van der Waals surface area (Å²) in [4.78, 5) is 10.9. The Morgan fingerprint density at radius 2 is 2.27 bits per heavy atom. The van der Waals surface area contributed by atoms with Gasteiger partial charge in [-0.3, -0.25) is 4.79 Å². The molecule has 0 spiro atoms. The number of hydrogen-bond acceptors (Lipinski definition) is 2. The van der Waals surface area contributed by atoms with Crippen molar-refractivity contribution >= 4 is 17.7 Å². The molecule has 1 N–H and O–H groups in total. The molecule has 0 atom stereocenters. The second kappa shape index (κ2) is 6.28. The second-order valence-electron chi connectivity index (χ2n) is 2.48. The molecule has 0 rings (SSSR count). The third-order valence-electron chi connectivity index (χ3n) is 1.12. The Morgan fingerprint density at radius 1 is 1.64 bits per heavy atom. The number of rotatable bonds is 5. The molecule has 0 aromatic heterocycles. The zero-order valence-electron chi connectivity index (χ0n) is 7.14. The molecule has 2 nitrogen and oxygen atoms in total. The summed E-state index contributed by atoms with van der Waals surface area (Å²) in [6.45, 7) is 6.19. The van der Waals surface area contributed by atoms with Crippen LogP contribution in [0.1, 0.15) is 13.3 Å². The van der Waals surface area contributed by atoms with Crippen molar-refractivity contribution in [2.24, 2.45) is 0 Å². The maximum Gasteiger partial charge on any atom is 0.221 e. The van der Waals surface area contributed by atoms with Gasteiger partial charge in [0, 0.05) is 18.7 Å². The maximum atomic E-state index is 10.9. The Labute approximate surface area is 72.4 Å². The summed E-state index contributed by atoms with van der Waals surface area (Å²) < 4.78 is 0. The van der Waals surface area contributed by atoms with Crippen molar-refractivity contribution in [3.8, 4) is 0 Å². The van der Waals surface area contributed by atoms with Crippen LogP contribution in [0.3, 0.4) is 0 Å². The Balaban J connectivity index is 3.30. The van der Waals surface area contributed by atoms with Gasteiger partial charge in [-0.25, -0.2) is 0 Å². The minimum atomic E-state index is 0.113. The molecule has 0 bridgehead atoms. The van der Waals surface area contributed by atoms with E-state index in [9.17, 15) is 4.79 Å². The number of hydrogen-bond donors (Lipinski definition) is 1. The van der Waals surface area contributed by atoms with Gasteiger partial charge in [0.25, 0.3) is 0 Å². The highest BCUT2D eigenvalue weighted by Crippen LogP contribution is 1.94. The molecule has 64 valence electrons. The fraction of sp³-hybridized carbons (Fsp3) is 0.625. The van der Waals surface area contributed by atoms with Gasteiger partial charge in [0.05, 0.1) is 0 Å². The highest BCUT2D eigenvalue weighted by molar-refractivity contribution is 7.98. The van der Waals surface area contributed by atoms with E-state index in [0.717, 1.165) is 11.3 Å². The van der Waals surface area contributed by atoms with E-state index in [1.165, 1.54) is 0 Å². The Bertz CT molecular complexity index is 145. The van der Waals surface area contributed by atoms with Gasteiger partial charge in [-0.1, -0.05) is 12.2 Å². The molecule has 0 aliphatic rings. The molecule has 0 fully saturated rings. The highest BCUT2D eigenvalue weighted by atomic mass is 32.2. The topological polar surface area (TPSA) is 29.1 Å². The fourth-order valence-electron chi connectivity index (χ4n) is 0.533. The van der Waals surface area contributed by atoms with Gasteiger partial charge in [-0.15, -0.1) is 0 Å². The molecule has 0 heterocycles. The third-order valence-corrected chi connectivity index (χ3v) is 1.73. The summed E-state index contributed by atoms with van der Waals surface area (Å²) >= 11 is 1.68. The van der Waals surface area contributed by atoms with Crippen LogP contribution in [0.25, 0.3) is 0 Å². The Hall–Kier alpha value is -0.440. The molecule has 1 amide bonds. The van der Waals surface area contributed by atoms with Crippen LogP contribution >= 0.6 is 11.8 Å². The van der Waals surface area contributed by atoms with Gasteiger partial charge in [-0.2, -0.15) is 11.8 Å². The summed E-state index contributed by atoms with van der Waals surface area (Å²) in [5.74, 6) is 1.00. The number of nitrogens with one attached hydrogen (secondary N) is 1. The van der Waals surface area contributed by atoms with Gasteiger partial charge in [-0.05, 0) is 13.2 Å². The maximum absolute atomic E-state index is 10.9. The molecule has 0 aliphatic carbocycles. The average Bonchev–Trinajstić information content (AvgIpc) is 1.97. The lowest BCUT2D eigenvalue weighted by Crippen LogP contribution is -2.24. The SMILES string of the molecule is C=C(C)CNC(=O)CCSC. The molecule has 0 radical (unpaired) electrons. The van der Waals surface area contributed by atoms with Gasteiger partial charge < -0.3 is 5.32 Å². The van der Waals surface area contributed by atoms with Crippen molar-refractivity contribution in [2.75, 3.05) is 18.6 Å². The van der Waals surface area contributed by atoms with E-state index in [4.69, 9.17) is 0 Å².